The van der Waals surface area contributed by atoms with Crippen LogP contribution in [0, 0.1) is 0 Å². The van der Waals surface area contributed by atoms with Crippen LogP contribution in [0.15, 0.2) is 198 Å². The van der Waals surface area contributed by atoms with Crippen molar-refractivity contribution in [1.82, 2.24) is 19.5 Å². The van der Waals surface area contributed by atoms with E-state index in [0.717, 1.165) is 21.9 Å². The van der Waals surface area contributed by atoms with E-state index in [9.17, 15) is 6.85 Å². The summed E-state index contributed by atoms with van der Waals surface area (Å²) in [6, 6.07) is 30.2. The molecule has 0 atom stereocenters. The van der Waals surface area contributed by atoms with Gasteiger partial charge in [0.25, 0.3) is 0 Å². The van der Waals surface area contributed by atoms with E-state index in [1.54, 1.807) is 12.1 Å². The van der Waals surface area contributed by atoms with Crippen LogP contribution < -0.4 is 0 Å². The van der Waals surface area contributed by atoms with Gasteiger partial charge in [0.15, 0.2) is 17.5 Å². The molecule has 8 aromatic carbocycles. The van der Waals surface area contributed by atoms with Crippen molar-refractivity contribution in [3.63, 3.8) is 0 Å². The summed E-state index contributed by atoms with van der Waals surface area (Å²) in [5.74, 6) is 1.08. The first kappa shape index (κ1) is 21.9. The molecule has 5 nitrogen and oxygen atoms in total. The maximum absolute atomic E-state index is 9.64. The highest BCUT2D eigenvalue weighted by atomic mass is 16.3. The highest BCUT2D eigenvalue weighted by Gasteiger charge is 2.20. The van der Waals surface area contributed by atoms with Crippen molar-refractivity contribution >= 4 is 43.7 Å². The second-order valence-corrected chi connectivity index (χ2v) is 13.1. The maximum atomic E-state index is 9.64. The standard InChI is InChI=1S/C51H32N4O/c1-4-14-33(15-5-1)36-25-28-46-43(30-36)39-20-10-12-22-44(39)55(46)45-29-26-37(31-42(45)34-16-6-2-7-17-34)50-52-49(35-18-8-3-9-19-35)53-51(54-50)38-24-27-41-40-21-11-13-23-47(40)56-48(41)32-38/h1-32H/i1D,4D,5D,10D,12D,14D,15D,20D,22D,25D,28D,30D. The van der Waals surface area contributed by atoms with Crippen LogP contribution in [0.4, 0.5) is 0 Å². The number of hydrogen-bond donors (Lipinski definition) is 0. The average molecular weight is 729 g/mol. The smallest absolute Gasteiger partial charge is 0.164 e. The molecule has 0 unspecified atom stereocenters. The van der Waals surface area contributed by atoms with Crippen molar-refractivity contribution < 1.29 is 20.9 Å². The van der Waals surface area contributed by atoms with Gasteiger partial charge in [-0.1, -0.05) is 139 Å². The number of fused-ring (bicyclic) bond motifs is 6. The van der Waals surface area contributed by atoms with Gasteiger partial charge in [-0.3, -0.25) is 0 Å². The molecule has 56 heavy (non-hydrogen) atoms. The number of nitrogens with zero attached hydrogens (tertiary/aromatic N) is 4. The topological polar surface area (TPSA) is 56.7 Å². The normalized spacial score (nSPS) is 14.6. The minimum atomic E-state index is -0.697. The molecule has 0 N–H and O–H groups in total. The van der Waals surface area contributed by atoms with Gasteiger partial charge in [-0.15, -0.1) is 0 Å². The van der Waals surface area contributed by atoms with E-state index >= 15 is 0 Å². The Morgan fingerprint density at radius 1 is 0.411 bits per heavy atom. The quantitative estimate of drug-likeness (QED) is 0.171. The third-order valence-corrected chi connectivity index (χ3v) is 9.79. The van der Waals surface area contributed by atoms with Crippen LogP contribution in [-0.4, -0.2) is 19.5 Å². The van der Waals surface area contributed by atoms with E-state index in [1.807, 2.05) is 109 Å². The van der Waals surface area contributed by atoms with E-state index in [2.05, 4.69) is 0 Å². The third-order valence-electron chi connectivity index (χ3n) is 9.79. The fourth-order valence-corrected chi connectivity index (χ4v) is 7.19. The summed E-state index contributed by atoms with van der Waals surface area (Å²) in [6.07, 6.45) is 0. The molecule has 5 heteroatoms. The predicted molar refractivity (Wildman–Crippen MR) is 229 cm³/mol. The molecule has 0 saturated heterocycles. The zero-order valence-corrected chi connectivity index (χ0v) is 29.2. The van der Waals surface area contributed by atoms with Gasteiger partial charge >= 0.3 is 0 Å². The van der Waals surface area contributed by atoms with Crippen molar-refractivity contribution in [1.29, 1.82) is 0 Å². The van der Waals surface area contributed by atoms with Gasteiger partial charge in [0, 0.05) is 43.8 Å². The number of para-hydroxylation sites is 2. The third kappa shape index (κ3) is 5.37. The van der Waals surface area contributed by atoms with Gasteiger partial charge in [0.2, 0.25) is 0 Å². The van der Waals surface area contributed by atoms with Crippen LogP contribution in [-0.2, 0) is 0 Å². The van der Waals surface area contributed by atoms with Crippen molar-refractivity contribution in [3.05, 3.63) is 194 Å². The lowest BCUT2D eigenvalue weighted by molar-refractivity contribution is 0.669. The molecule has 0 saturated carbocycles. The largest absolute Gasteiger partial charge is 0.456 e. The molecule has 0 aliphatic heterocycles. The predicted octanol–water partition coefficient (Wildman–Crippen LogP) is 13.2. The highest BCUT2D eigenvalue weighted by molar-refractivity contribution is 6.11. The molecule has 0 amide bonds. The number of benzene rings is 8. The second-order valence-electron chi connectivity index (χ2n) is 13.1. The molecule has 0 spiro atoms. The minimum absolute atomic E-state index is 0.0923. The summed E-state index contributed by atoms with van der Waals surface area (Å²) in [6.45, 7) is 0. The van der Waals surface area contributed by atoms with Crippen molar-refractivity contribution in [3.8, 4) is 62.1 Å². The van der Waals surface area contributed by atoms with Crippen LogP contribution in [0.3, 0.4) is 0 Å². The zero-order chi connectivity index (χ0) is 47.4. The van der Waals surface area contributed by atoms with Crippen LogP contribution in [0.5, 0.6) is 0 Å². The number of hydrogen-bond acceptors (Lipinski definition) is 4. The fourth-order valence-electron chi connectivity index (χ4n) is 7.19. The second kappa shape index (κ2) is 13.0. The van der Waals surface area contributed by atoms with E-state index < -0.39 is 83.6 Å². The van der Waals surface area contributed by atoms with Crippen LogP contribution >= 0.6 is 0 Å². The molecule has 0 aliphatic carbocycles. The Labute approximate surface area is 339 Å². The SMILES string of the molecule is [2H]c1c([2H])c([2H])c(-c2c([2H])c([2H])c3c(c2[2H])c2c([2H])c([2H])c([2H])c([2H])c2n3-c2ccc(-c3nc(-c4ccccc4)nc(-c4ccc5c(c4)oc4ccccc45)n3)cc2-c2ccccc2)c([2H])c1[2H]. The Bertz CT molecular complexity index is 3920. The zero-order valence-electron chi connectivity index (χ0n) is 41.2. The van der Waals surface area contributed by atoms with Crippen molar-refractivity contribution in [2.24, 2.45) is 0 Å². The summed E-state index contributed by atoms with van der Waals surface area (Å²) in [7, 11) is 0. The summed E-state index contributed by atoms with van der Waals surface area (Å²) >= 11 is 0. The molecule has 0 aliphatic rings. The van der Waals surface area contributed by atoms with E-state index in [1.165, 1.54) is 4.57 Å². The van der Waals surface area contributed by atoms with E-state index in [-0.39, 0.29) is 21.8 Å². The van der Waals surface area contributed by atoms with Crippen molar-refractivity contribution in [2.45, 2.75) is 0 Å². The van der Waals surface area contributed by atoms with Gasteiger partial charge in [0.05, 0.1) is 33.2 Å². The van der Waals surface area contributed by atoms with Gasteiger partial charge in [-0.05, 0) is 71.2 Å². The minimum Gasteiger partial charge on any atom is -0.456 e. The summed E-state index contributed by atoms with van der Waals surface area (Å²) in [4.78, 5) is 14.9. The Morgan fingerprint density at radius 2 is 1.04 bits per heavy atom. The van der Waals surface area contributed by atoms with Gasteiger partial charge < -0.3 is 8.98 Å². The molecule has 3 heterocycles. The van der Waals surface area contributed by atoms with Gasteiger partial charge in [-0.25, -0.2) is 15.0 Å². The fraction of sp³-hybridized carbons (Fsp3) is 0. The molecule has 0 fully saturated rings. The van der Waals surface area contributed by atoms with Crippen LogP contribution in [0.2, 0.25) is 0 Å². The first-order chi connectivity index (χ1) is 32.7. The van der Waals surface area contributed by atoms with Gasteiger partial charge in [-0.2, -0.15) is 0 Å². The average Bonchev–Trinajstić information content (AvgIpc) is 3.93. The first-order valence-corrected chi connectivity index (χ1v) is 17.8. The lowest BCUT2D eigenvalue weighted by atomic mass is 9.99. The Hall–Kier alpha value is -7.63. The van der Waals surface area contributed by atoms with Gasteiger partial charge in [0.1, 0.15) is 11.2 Å². The van der Waals surface area contributed by atoms with E-state index in [4.69, 9.17) is 29.0 Å². The van der Waals surface area contributed by atoms with Crippen LogP contribution in [0.25, 0.3) is 106 Å². The Kier molecular flexibility index (Phi) is 5.10. The molecular formula is C51H32N4O. The number of aromatic nitrogens is 4. The van der Waals surface area contributed by atoms with Crippen LogP contribution in [0.1, 0.15) is 16.4 Å². The Morgan fingerprint density at radius 3 is 1.84 bits per heavy atom. The molecule has 11 aromatic rings. The first-order valence-electron chi connectivity index (χ1n) is 23.8. The lowest BCUT2D eigenvalue weighted by Crippen LogP contribution is -2.02. The molecule has 11 rings (SSSR count). The monoisotopic (exact) mass is 728 g/mol. The number of furan rings is 1. The molecule has 0 radical (unpaired) electrons. The Balaban J connectivity index is 1.20. The molecular weight excluding hydrogens is 685 g/mol. The summed E-state index contributed by atoms with van der Waals surface area (Å²) in [5.41, 5.74) is 3.74. The molecule has 3 aromatic heterocycles. The maximum Gasteiger partial charge on any atom is 0.164 e. The summed E-state index contributed by atoms with van der Waals surface area (Å²) in [5, 5.41) is 1.62. The highest BCUT2D eigenvalue weighted by Crippen LogP contribution is 2.40. The summed E-state index contributed by atoms with van der Waals surface area (Å²) < 4.78 is 115. The number of rotatable bonds is 6. The van der Waals surface area contributed by atoms with Crippen molar-refractivity contribution in [2.75, 3.05) is 0 Å². The molecule has 262 valence electrons. The molecule has 0 bridgehead atoms. The lowest BCUT2D eigenvalue weighted by Gasteiger charge is -2.16. The van der Waals surface area contributed by atoms with E-state index in [0.29, 0.717) is 51.0 Å².